The standard InChI is InChI=1S/C20H29N3O2S/c1-22-18-8-3-2-7-17(18)21-20(22)19-9-4-10-23(19)12-15(24)13-25-14-16-6-5-11-26-16/h5-6,11,15,19,24H,2-4,7-10,12-14H2,1H3/t15-,19+/m1/s1. The van der Waals surface area contributed by atoms with Gasteiger partial charge in [0.15, 0.2) is 0 Å². The second kappa shape index (κ2) is 8.21. The largest absolute Gasteiger partial charge is 0.389 e. The molecule has 2 aromatic heterocycles. The van der Waals surface area contributed by atoms with Gasteiger partial charge in [-0.1, -0.05) is 6.07 Å². The van der Waals surface area contributed by atoms with Gasteiger partial charge in [-0.3, -0.25) is 4.90 Å². The molecule has 4 rings (SSSR count). The van der Waals surface area contributed by atoms with E-state index >= 15 is 0 Å². The molecule has 0 aromatic carbocycles. The monoisotopic (exact) mass is 375 g/mol. The minimum Gasteiger partial charge on any atom is -0.389 e. The Kier molecular flexibility index (Phi) is 5.74. The molecule has 2 aliphatic rings. The molecule has 0 radical (unpaired) electrons. The molecule has 0 unspecified atom stereocenters. The number of aryl methyl sites for hydroxylation is 1. The zero-order valence-corrected chi connectivity index (χ0v) is 16.4. The van der Waals surface area contributed by atoms with Crippen LogP contribution in [0.25, 0.3) is 0 Å². The van der Waals surface area contributed by atoms with E-state index in [1.54, 1.807) is 11.3 Å². The number of likely N-dealkylation sites (tertiary alicyclic amines) is 1. The van der Waals surface area contributed by atoms with Crippen LogP contribution in [0.3, 0.4) is 0 Å². The quantitative estimate of drug-likeness (QED) is 0.808. The lowest BCUT2D eigenvalue weighted by molar-refractivity contribution is 0.00781. The Morgan fingerprint density at radius 2 is 2.23 bits per heavy atom. The number of hydrogen-bond acceptors (Lipinski definition) is 5. The number of ether oxygens (including phenoxy) is 1. The van der Waals surface area contributed by atoms with Gasteiger partial charge in [-0.05, 0) is 56.5 Å². The van der Waals surface area contributed by atoms with Crippen molar-refractivity contribution in [3.63, 3.8) is 0 Å². The normalized spacial score (nSPS) is 21.8. The molecule has 0 saturated carbocycles. The summed E-state index contributed by atoms with van der Waals surface area (Å²) in [6.07, 6.45) is 6.67. The lowest BCUT2D eigenvalue weighted by Gasteiger charge is -2.26. The minimum absolute atomic E-state index is 0.331. The predicted octanol–water partition coefficient (Wildman–Crippen LogP) is 3.08. The summed E-state index contributed by atoms with van der Waals surface area (Å²) in [4.78, 5) is 8.59. The number of imidazole rings is 1. The van der Waals surface area contributed by atoms with Crippen LogP contribution in [0.5, 0.6) is 0 Å². The molecule has 1 fully saturated rings. The fourth-order valence-corrected chi connectivity index (χ4v) is 5.00. The molecule has 0 amide bonds. The molecule has 1 saturated heterocycles. The van der Waals surface area contributed by atoms with E-state index in [4.69, 9.17) is 9.72 Å². The Hall–Kier alpha value is -1.21. The van der Waals surface area contributed by atoms with Gasteiger partial charge in [0.05, 0.1) is 31.1 Å². The molecule has 26 heavy (non-hydrogen) atoms. The van der Waals surface area contributed by atoms with E-state index in [0.29, 0.717) is 25.8 Å². The highest BCUT2D eigenvalue weighted by Crippen LogP contribution is 2.33. The van der Waals surface area contributed by atoms with Crippen molar-refractivity contribution in [3.8, 4) is 0 Å². The fourth-order valence-electron chi connectivity index (χ4n) is 4.36. The summed E-state index contributed by atoms with van der Waals surface area (Å²) < 4.78 is 8.02. The van der Waals surface area contributed by atoms with Crippen molar-refractivity contribution in [1.82, 2.24) is 14.5 Å². The van der Waals surface area contributed by atoms with Crippen LogP contribution in [-0.4, -0.2) is 45.4 Å². The summed E-state index contributed by atoms with van der Waals surface area (Å²) in [6, 6.07) is 4.43. The average molecular weight is 376 g/mol. The summed E-state index contributed by atoms with van der Waals surface area (Å²) in [5.41, 5.74) is 2.73. The summed E-state index contributed by atoms with van der Waals surface area (Å²) >= 11 is 1.69. The van der Waals surface area contributed by atoms with E-state index in [1.807, 2.05) is 6.07 Å². The van der Waals surface area contributed by atoms with Crippen molar-refractivity contribution in [3.05, 3.63) is 39.6 Å². The van der Waals surface area contributed by atoms with Crippen molar-refractivity contribution in [1.29, 1.82) is 0 Å². The van der Waals surface area contributed by atoms with Crippen LogP contribution in [0.15, 0.2) is 17.5 Å². The summed E-state index contributed by atoms with van der Waals surface area (Å²) in [7, 11) is 2.17. The minimum atomic E-state index is -0.453. The van der Waals surface area contributed by atoms with E-state index in [1.165, 1.54) is 41.4 Å². The first-order chi connectivity index (χ1) is 12.7. The van der Waals surface area contributed by atoms with Crippen LogP contribution in [0.1, 0.15) is 53.8 Å². The lowest BCUT2D eigenvalue weighted by atomic mass is 10.0. The molecule has 1 N–H and O–H groups in total. The number of nitrogens with zero attached hydrogens (tertiary/aromatic N) is 3. The summed E-state index contributed by atoms with van der Waals surface area (Å²) in [5, 5.41) is 12.5. The molecule has 2 aromatic rings. The highest BCUT2D eigenvalue weighted by atomic mass is 32.1. The van der Waals surface area contributed by atoms with Gasteiger partial charge in [-0.2, -0.15) is 0 Å². The maximum Gasteiger partial charge on any atom is 0.126 e. The molecule has 1 aliphatic carbocycles. The van der Waals surface area contributed by atoms with Crippen molar-refractivity contribution < 1.29 is 9.84 Å². The van der Waals surface area contributed by atoms with Crippen molar-refractivity contribution in [2.75, 3.05) is 19.7 Å². The van der Waals surface area contributed by atoms with E-state index in [2.05, 4.69) is 28.0 Å². The molecule has 142 valence electrons. The second-order valence-electron chi connectivity index (χ2n) is 7.53. The Morgan fingerprint density at radius 3 is 3.04 bits per heavy atom. The van der Waals surface area contributed by atoms with Gasteiger partial charge in [0.1, 0.15) is 5.82 Å². The number of aromatic nitrogens is 2. The topological polar surface area (TPSA) is 50.5 Å². The number of hydrogen-bond donors (Lipinski definition) is 1. The van der Waals surface area contributed by atoms with Gasteiger partial charge in [-0.15, -0.1) is 11.3 Å². The van der Waals surface area contributed by atoms with Crippen LogP contribution in [0, 0.1) is 0 Å². The lowest BCUT2D eigenvalue weighted by Crippen LogP contribution is -2.35. The van der Waals surface area contributed by atoms with Crippen LogP contribution in [-0.2, 0) is 31.2 Å². The van der Waals surface area contributed by atoms with Crippen molar-refractivity contribution in [2.24, 2.45) is 7.05 Å². The molecule has 6 heteroatoms. The molecular formula is C20H29N3O2S. The van der Waals surface area contributed by atoms with Crippen LogP contribution in [0.2, 0.25) is 0 Å². The maximum atomic E-state index is 10.4. The highest BCUT2D eigenvalue weighted by molar-refractivity contribution is 7.09. The average Bonchev–Trinajstić information content (AvgIpc) is 3.37. The smallest absolute Gasteiger partial charge is 0.126 e. The summed E-state index contributed by atoms with van der Waals surface area (Å²) in [6.45, 7) is 2.67. The van der Waals surface area contributed by atoms with Crippen LogP contribution in [0.4, 0.5) is 0 Å². The second-order valence-corrected chi connectivity index (χ2v) is 8.56. The predicted molar refractivity (Wildman–Crippen MR) is 103 cm³/mol. The van der Waals surface area contributed by atoms with Gasteiger partial charge in [0, 0.05) is 24.2 Å². The Balaban J connectivity index is 1.35. The number of fused-ring (bicyclic) bond motifs is 1. The first-order valence-electron chi connectivity index (χ1n) is 9.79. The number of β-amino-alcohol motifs (C(OH)–C–C–N with tert-alkyl or cyclic N) is 1. The van der Waals surface area contributed by atoms with E-state index in [9.17, 15) is 5.11 Å². The Labute approximate surface area is 159 Å². The van der Waals surface area contributed by atoms with Gasteiger partial charge in [0.25, 0.3) is 0 Å². The van der Waals surface area contributed by atoms with Gasteiger partial charge in [-0.25, -0.2) is 4.98 Å². The third-order valence-electron chi connectivity index (χ3n) is 5.65. The number of aliphatic hydroxyl groups is 1. The van der Waals surface area contributed by atoms with Crippen molar-refractivity contribution in [2.45, 2.75) is 57.3 Å². The molecule has 1 aliphatic heterocycles. The summed E-state index contributed by atoms with van der Waals surface area (Å²) in [5.74, 6) is 1.20. The zero-order valence-electron chi connectivity index (χ0n) is 15.6. The molecule has 2 atom stereocenters. The third-order valence-corrected chi connectivity index (χ3v) is 6.50. The van der Waals surface area contributed by atoms with E-state index < -0.39 is 6.10 Å². The number of rotatable bonds is 7. The molecule has 0 spiro atoms. The molecular weight excluding hydrogens is 346 g/mol. The maximum absolute atomic E-state index is 10.4. The third kappa shape index (κ3) is 3.88. The van der Waals surface area contributed by atoms with Gasteiger partial charge < -0.3 is 14.4 Å². The van der Waals surface area contributed by atoms with E-state index in [-0.39, 0.29) is 0 Å². The van der Waals surface area contributed by atoms with Crippen molar-refractivity contribution >= 4 is 11.3 Å². The van der Waals surface area contributed by atoms with E-state index in [0.717, 1.165) is 25.8 Å². The van der Waals surface area contributed by atoms with Crippen LogP contribution < -0.4 is 0 Å². The van der Waals surface area contributed by atoms with Crippen LogP contribution >= 0.6 is 11.3 Å². The fraction of sp³-hybridized carbons (Fsp3) is 0.650. The first kappa shape index (κ1) is 18.2. The number of aliphatic hydroxyl groups excluding tert-OH is 1. The Bertz CT molecular complexity index is 713. The van der Waals surface area contributed by atoms with Gasteiger partial charge >= 0.3 is 0 Å². The SMILES string of the molecule is Cn1c([C@@H]2CCCN2C[C@@H](O)COCc2cccs2)nc2c1CCCC2. The Morgan fingerprint density at radius 1 is 1.35 bits per heavy atom. The molecule has 5 nitrogen and oxygen atoms in total. The highest BCUT2D eigenvalue weighted by Gasteiger charge is 2.32. The first-order valence-corrected chi connectivity index (χ1v) is 10.7. The van der Waals surface area contributed by atoms with Gasteiger partial charge in [0.2, 0.25) is 0 Å². The zero-order chi connectivity index (χ0) is 17.9. The number of thiophene rings is 1. The molecule has 3 heterocycles. The molecule has 0 bridgehead atoms.